The van der Waals surface area contributed by atoms with Gasteiger partial charge in [-0.05, 0) is 36.2 Å². The summed E-state index contributed by atoms with van der Waals surface area (Å²) in [5.41, 5.74) is 1.96. The van der Waals surface area contributed by atoms with Crippen LogP contribution in [0.1, 0.15) is 5.56 Å². The maximum atomic E-state index is 12.7. The van der Waals surface area contributed by atoms with E-state index in [-0.39, 0.29) is 11.5 Å². The molecule has 2 aromatic carbocycles. The van der Waals surface area contributed by atoms with Crippen molar-refractivity contribution < 1.29 is 9.31 Å². The highest BCUT2D eigenvalue weighted by Gasteiger charge is 2.03. The van der Waals surface area contributed by atoms with E-state index in [0.717, 1.165) is 17.7 Å². The first-order valence-corrected chi connectivity index (χ1v) is 5.88. The van der Waals surface area contributed by atoms with Gasteiger partial charge >= 0.3 is 0 Å². The van der Waals surface area contributed by atoms with E-state index in [2.05, 4.69) is 5.32 Å². The highest BCUT2D eigenvalue weighted by molar-refractivity contribution is 5.43. The fourth-order valence-electron chi connectivity index (χ4n) is 1.70. The number of nitro groups is 1. The molecular weight excluding hydrogens is 247 g/mol. The van der Waals surface area contributed by atoms with Crippen molar-refractivity contribution in [1.82, 2.24) is 0 Å². The second kappa shape index (κ2) is 5.95. The summed E-state index contributed by atoms with van der Waals surface area (Å²) in [5, 5.41) is 13.7. The molecule has 19 heavy (non-hydrogen) atoms. The van der Waals surface area contributed by atoms with Gasteiger partial charge in [0.2, 0.25) is 0 Å². The standard InChI is InChI=1S/C14H13FN2O2/c15-12-3-5-13(6-4-12)16-10-9-11-1-7-14(8-2-11)17(18)19/h1-8,16H,9-10H2. The lowest BCUT2D eigenvalue weighted by Crippen LogP contribution is -2.04. The summed E-state index contributed by atoms with van der Waals surface area (Å²) >= 11 is 0. The van der Waals surface area contributed by atoms with Gasteiger partial charge in [-0.2, -0.15) is 0 Å². The first-order chi connectivity index (χ1) is 9.15. The number of nitrogens with one attached hydrogen (secondary N) is 1. The highest BCUT2D eigenvalue weighted by Crippen LogP contribution is 2.13. The zero-order valence-electron chi connectivity index (χ0n) is 10.2. The number of halogens is 1. The number of hydrogen-bond donors (Lipinski definition) is 1. The number of nitro benzene ring substituents is 1. The number of rotatable bonds is 5. The predicted molar refractivity (Wildman–Crippen MR) is 71.7 cm³/mol. The zero-order valence-corrected chi connectivity index (χ0v) is 10.2. The molecule has 1 N–H and O–H groups in total. The molecule has 0 aliphatic carbocycles. The average Bonchev–Trinajstić information content (AvgIpc) is 2.41. The minimum atomic E-state index is -0.416. The molecule has 0 radical (unpaired) electrons. The van der Waals surface area contributed by atoms with Gasteiger partial charge in [-0.25, -0.2) is 4.39 Å². The zero-order chi connectivity index (χ0) is 13.7. The maximum Gasteiger partial charge on any atom is 0.269 e. The van der Waals surface area contributed by atoms with Crippen molar-refractivity contribution >= 4 is 11.4 Å². The second-order valence-electron chi connectivity index (χ2n) is 4.11. The quantitative estimate of drug-likeness (QED) is 0.662. The predicted octanol–water partition coefficient (Wildman–Crippen LogP) is 3.39. The molecule has 0 fully saturated rings. The Morgan fingerprint density at radius 1 is 1.05 bits per heavy atom. The number of benzene rings is 2. The van der Waals surface area contributed by atoms with Crippen molar-refractivity contribution in [2.24, 2.45) is 0 Å². The molecule has 0 atom stereocenters. The van der Waals surface area contributed by atoms with Gasteiger partial charge < -0.3 is 5.32 Å². The Kier molecular flexibility index (Phi) is 4.07. The van der Waals surface area contributed by atoms with E-state index in [1.54, 1.807) is 24.3 Å². The SMILES string of the molecule is O=[N+]([O-])c1ccc(CCNc2ccc(F)cc2)cc1. The summed E-state index contributed by atoms with van der Waals surface area (Å²) < 4.78 is 12.7. The molecule has 0 heterocycles. The molecule has 2 rings (SSSR count). The largest absolute Gasteiger partial charge is 0.385 e. The Bertz CT molecular complexity index is 553. The molecule has 0 bridgehead atoms. The number of non-ortho nitro benzene ring substituents is 1. The molecule has 0 spiro atoms. The molecule has 4 nitrogen and oxygen atoms in total. The average molecular weight is 260 g/mol. The Hall–Kier alpha value is -2.43. The van der Waals surface area contributed by atoms with E-state index in [0.29, 0.717) is 6.54 Å². The number of hydrogen-bond acceptors (Lipinski definition) is 3. The van der Waals surface area contributed by atoms with Gasteiger partial charge in [-0.1, -0.05) is 12.1 Å². The van der Waals surface area contributed by atoms with E-state index in [4.69, 9.17) is 0 Å². The van der Waals surface area contributed by atoms with Crippen molar-refractivity contribution in [2.75, 3.05) is 11.9 Å². The second-order valence-corrected chi connectivity index (χ2v) is 4.11. The van der Waals surface area contributed by atoms with Crippen LogP contribution >= 0.6 is 0 Å². The van der Waals surface area contributed by atoms with Crippen LogP contribution in [0.2, 0.25) is 0 Å². The van der Waals surface area contributed by atoms with Gasteiger partial charge in [0, 0.05) is 24.4 Å². The lowest BCUT2D eigenvalue weighted by atomic mass is 10.1. The minimum Gasteiger partial charge on any atom is -0.385 e. The first kappa shape index (κ1) is 13.0. The molecule has 0 amide bonds. The third kappa shape index (κ3) is 3.77. The van der Waals surface area contributed by atoms with Gasteiger partial charge in [0.25, 0.3) is 5.69 Å². The van der Waals surface area contributed by atoms with Crippen LogP contribution in [-0.2, 0) is 6.42 Å². The third-order valence-electron chi connectivity index (χ3n) is 2.73. The van der Waals surface area contributed by atoms with Crippen molar-refractivity contribution in [3.05, 3.63) is 70.0 Å². The molecule has 0 unspecified atom stereocenters. The number of anilines is 1. The monoisotopic (exact) mass is 260 g/mol. The van der Waals surface area contributed by atoms with Gasteiger partial charge in [0.1, 0.15) is 5.82 Å². The normalized spacial score (nSPS) is 10.2. The smallest absolute Gasteiger partial charge is 0.269 e. The molecule has 0 saturated carbocycles. The molecule has 0 saturated heterocycles. The van der Waals surface area contributed by atoms with Crippen LogP contribution < -0.4 is 5.32 Å². The summed E-state index contributed by atoms with van der Waals surface area (Å²) in [4.78, 5) is 10.1. The van der Waals surface area contributed by atoms with E-state index >= 15 is 0 Å². The van der Waals surface area contributed by atoms with Crippen LogP contribution in [0.25, 0.3) is 0 Å². The molecule has 98 valence electrons. The Morgan fingerprint density at radius 3 is 2.26 bits per heavy atom. The maximum absolute atomic E-state index is 12.7. The first-order valence-electron chi connectivity index (χ1n) is 5.88. The van der Waals surface area contributed by atoms with E-state index in [1.165, 1.54) is 24.3 Å². The van der Waals surface area contributed by atoms with E-state index < -0.39 is 4.92 Å². The summed E-state index contributed by atoms with van der Waals surface area (Å²) in [5.74, 6) is -0.263. The van der Waals surface area contributed by atoms with Crippen LogP contribution in [0.5, 0.6) is 0 Å². The number of nitrogens with zero attached hydrogens (tertiary/aromatic N) is 1. The van der Waals surface area contributed by atoms with Crippen LogP contribution in [0.3, 0.4) is 0 Å². The molecule has 0 aliphatic rings. The van der Waals surface area contributed by atoms with Gasteiger partial charge in [-0.3, -0.25) is 10.1 Å². The fourth-order valence-corrected chi connectivity index (χ4v) is 1.70. The van der Waals surface area contributed by atoms with Crippen LogP contribution in [0.15, 0.2) is 48.5 Å². The Balaban J connectivity index is 1.85. The molecule has 0 aliphatic heterocycles. The van der Waals surface area contributed by atoms with Gasteiger partial charge in [0.15, 0.2) is 0 Å². The van der Waals surface area contributed by atoms with Crippen LogP contribution in [0, 0.1) is 15.9 Å². The topological polar surface area (TPSA) is 55.2 Å². The van der Waals surface area contributed by atoms with Crippen molar-refractivity contribution in [3.8, 4) is 0 Å². The molecule has 0 aromatic heterocycles. The Labute approximate surface area is 110 Å². The molecule has 2 aromatic rings. The fraction of sp³-hybridized carbons (Fsp3) is 0.143. The van der Waals surface area contributed by atoms with Crippen molar-refractivity contribution in [1.29, 1.82) is 0 Å². The summed E-state index contributed by atoms with van der Waals surface area (Å²) in [6.45, 7) is 0.684. The van der Waals surface area contributed by atoms with Crippen molar-refractivity contribution in [2.45, 2.75) is 6.42 Å². The third-order valence-corrected chi connectivity index (χ3v) is 2.73. The highest BCUT2D eigenvalue weighted by atomic mass is 19.1. The van der Waals surface area contributed by atoms with Gasteiger partial charge in [0.05, 0.1) is 4.92 Å². The van der Waals surface area contributed by atoms with Crippen LogP contribution in [-0.4, -0.2) is 11.5 Å². The minimum absolute atomic E-state index is 0.0928. The molecule has 5 heteroatoms. The lowest BCUT2D eigenvalue weighted by molar-refractivity contribution is -0.384. The van der Waals surface area contributed by atoms with E-state index in [1.807, 2.05) is 0 Å². The van der Waals surface area contributed by atoms with Crippen LogP contribution in [0.4, 0.5) is 15.8 Å². The van der Waals surface area contributed by atoms with Gasteiger partial charge in [-0.15, -0.1) is 0 Å². The lowest BCUT2D eigenvalue weighted by Gasteiger charge is -2.06. The summed E-state index contributed by atoms with van der Waals surface area (Å²) in [6.07, 6.45) is 0.745. The summed E-state index contributed by atoms with van der Waals surface area (Å²) in [6, 6.07) is 12.6. The van der Waals surface area contributed by atoms with Crippen molar-refractivity contribution in [3.63, 3.8) is 0 Å². The van der Waals surface area contributed by atoms with E-state index in [9.17, 15) is 14.5 Å². The Morgan fingerprint density at radius 2 is 1.68 bits per heavy atom. The summed E-state index contributed by atoms with van der Waals surface area (Å²) in [7, 11) is 0. The molecular formula is C14H13FN2O2.